The van der Waals surface area contributed by atoms with Gasteiger partial charge >= 0.3 is 0 Å². The standard InChI is InChI=1S/C17H19N3O2S/c1-10-15-16(23-9-14(21)18-17(15)20-19-10)13-8-7-12(22-13)11-5-3-2-4-6-11/h2-8,10,15-17,19-20H,9H2,1H3,(H,18,21). The van der Waals surface area contributed by atoms with Crippen LogP contribution < -0.4 is 16.2 Å². The van der Waals surface area contributed by atoms with Crippen molar-refractivity contribution in [3.8, 4) is 11.3 Å². The van der Waals surface area contributed by atoms with Crippen molar-refractivity contribution in [3.63, 3.8) is 0 Å². The fourth-order valence-electron chi connectivity index (χ4n) is 3.30. The first kappa shape index (κ1) is 14.8. The lowest BCUT2D eigenvalue weighted by Crippen LogP contribution is -2.46. The number of hydrogen-bond acceptors (Lipinski definition) is 5. The molecule has 6 heteroatoms. The zero-order valence-corrected chi connectivity index (χ0v) is 13.6. The summed E-state index contributed by atoms with van der Waals surface area (Å²) in [5.41, 5.74) is 7.48. The maximum absolute atomic E-state index is 11.9. The average Bonchev–Trinajstić information content (AvgIpc) is 3.14. The quantitative estimate of drug-likeness (QED) is 0.789. The lowest BCUT2D eigenvalue weighted by atomic mass is 9.94. The molecule has 3 heterocycles. The Balaban J connectivity index is 1.66. The van der Waals surface area contributed by atoms with Crippen molar-refractivity contribution in [2.45, 2.75) is 24.4 Å². The van der Waals surface area contributed by atoms with E-state index in [9.17, 15) is 4.79 Å². The van der Waals surface area contributed by atoms with E-state index in [0.29, 0.717) is 5.75 Å². The van der Waals surface area contributed by atoms with Crippen LogP contribution >= 0.6 is 11.8 Å². The number of carbonyl (C=O) groups excluding carboxylic acids is 1. The van der Waals surface area contributed by atoms with E-state index in [4.69, 9.17) is 4.42 Å². The molecule has 0 bridgehead atoms. The summed E-state index contributed by atoms with van der Waals surface area (Å²) in [5, 5.41) is 3.17. The molecule has 5 nitrogen and oxygen atoms in total. The van der Waals surface area contributed by atoms with Crippen molar-refractivity contribution in [2.75, 3.05) is 5.75 Å². The van der Waals surface area contributed by atoms with Crippen molar-refractivity contribution in [2.24, 2.45) is 5.92 Å². The molecule has 4 rings (SSSR count). The van der Waals surface area contributed by atoms with Crippen LogP contribution in [0, 0.1) is 5.92 Å². The van der Waals surface area contributed by atoms with Gasteiger partial charge in [0.15, 0.2) is 0 Å². The van der Waals surface area contributed by atoms with Crippen molar-refractivity contribution < 1.29 is 9.21 Å². The van der Waals surface area contributed by atoms with Crippen molar-refractivity contribution in [1.82, 2.24) is 16.2 Å². The lowest BCUT2D eigenvalue weighted by molar-refractivity contribution is -0.119. The molecule has 120 valence electrons. The fourth-order valence-corrected chi connectivity index (χ4v) is 4.62. The average molecular weight is 329 g/mol. The third kappa shape index (κ3) is 2.78. The lowest BCUT2D eigenvalue weighted by Gasteiger charge is -2.25. The van der Waals surface area contributed by atoms with E-state index in [1.807, 2.05) is 42.5 Å². The molecule has 2 aliphatic rings. The zero-order chi connectivity index (χ0) is 15.8. The van der Waals surface area contributed by atoms with Gasteiger partial charge in [0.1, 0.15) is 11.5 Å². The highest BCUT2D eigenvalue weighted by atomic mass is 32.2. The van der Waals surface area contributed by atoms with Gasteiger partial charge in [0.2, 0.25) is 5.91 Å². The number of fused-ring (bicyclic) bond motifs is 1. The number of benzene rings is 1. The second-order valence-electron chi connectivity index (χ2n) is 6.00. The van der Waals surface area contributed by atoms with Crippen molar-refractivity contribution >= 4 is 17.7 Å². The number of nitrogens with one attached hydrogen (secondary N) is 3. The Bertz CT molecular complexity index is 703. The zero-order valence-electron chi connectivity index (χ0n) is 12.8. The molecule has 1 aromatic carbocycles. The highest BCUT2D eigenvalue weighted by Crippen LogP contribution is 2.43. The first-order chi connectivity index (χ1) is 11.2. The Hall–Kier alpha value is -1.76. The molecule has 0 saturated carbocycles. The Morgan fingerprint density at radius 2 is 1.96 bits per heavy atom. The first-order valence-corrected chi connectivity index (χ1v) is 8.84. The fraction of sp³-hybridized carbons (Fsp3) is 0.353. The molecular weight excluding hydrogens is 310 g/mol. The van der Waals surface area contributed by atoms with E-state index in [1.54, 1.807) is 11.8 Å². The molecule has 3 N–H and O–H groups in total. The monoisotopic (exact) mass is 329 g/mol. The summed E-state index contributed by atoms with van der Waals surface area (Å²) < 4.78 is 6.14. The summed E-state index contributed by atoms with van der Waals surface area (Å²) in [7, 11) is 0. The number of hydrazine groups is 1. The smallest absolute Gasteiger partial charge is 0.231 e. The second-order valence-corrected chi connectivity index (χ2v) is 7.13. The molecule has 2 aliphatic heterocycles. The van der Waals surface area contributed by atoms with Crippen LogP contribution in [0.5, 0.6) is 0 Å². The number of carbonyl (C=O) groups is 1. The number of furan rings is 1. The Morgan fingerprint density at radius 3 is 2.78 bits per heavy atom. The number of thioether (sulfide) groups is 1. The van der Waals surface area contributed by atoms with Crippen LogP contribution in [0.3, 0.4) is 0 Å². The van der Waals surface area contributed by atoms with Crippen LogP contribution in [0.4, 0.5) is 0 Å². The second kappa shape index (κ2) is 6.03. The van der Waals surface area contributed by atoms with E-state index in [1.165, 1.54) is 0 Å². The number of amides is 1. The predicted octanol–water partition coefficient (Wildman–Crippen LogP) is 2.29. The molecule has 1 amide bonds. The van der Waals surface area contributed by atoms with E-state index >= 15 is 0 Å². The molecular formula is C17H19N3O2S. The van der Waals surface area contributed by atoms with Gasteiger partial charge in [-0.3, -0.25) is 10.2 Å². The Kier molecular flexibility index (Phi) is 3.88. The van der Waals surface area contributed by atoms with E-state index in [2.05, 4.69) is 23.1 Å². The van der Waals surface area contributed by atoms with Crippen LogP contribution in [-0.4, -0.2) is 23.9 Å². The third-order valence-corrected chi connectivity index (χ3v) is 5.79. The topological polar surface area (TPSA) is 66.3 Å². The Morgan fingerprint density at radius 1 is 1.13 bits per heavy atom. The molecule has 0 aliphatic carbocycles. The highest BCUT2D eigenvalue weighted by molar-refractivity contribution is 8.00. The summed E-state index contributed by atoms with van der Waals surface area (Å²) in [4.78, 5) is 11.9. The van der Waals surface area contributed by atoms with Crippen LogP contribution in [0.25, 0.3) is 11.3 Å². The maximum atomic E-state index is 11.9. The third-order valence-electron chi connectivity index (χ3n) is 4.45. The van der Waals surface area contributed by atoms with Crippen molar-refractivity contribution in [3.05, 3.63) is 48.2 Å². The highest BCUT2D eigenvalue weighted by Gasteiger charge is 2.43. The molecule has 2 saturated heterocycles. The van der Waals surface area contributed by atoms with Gasteiger partial charge in [-0.2, -0.15) is 0 Å². The van der Waals surface area contributed by atoms with Crippen molar-refractivity contribution in [1.29, 1.82) is 0 Å². The van der Waals surface area contributed by atoms with E-state index < -0.39 is 0 Å². The summed E-state index contributed by atoms with van der Waals surface area (Å²) in [5.74, 6) is 2.55. The summed E-state index contributed by atoms with van der Waals surface area (Å²) >= 11 is 1.65. The van der Waals surface area contributed by atoms with Gasteiger partial charge in [-0.15, -0.1) is 11.8 Å². The van der Waals surface area contributed by atoms with Crippen LogP contribution in [0.15, 0.2) is 46.9 Å². The normalized spacial score (nSPS) is 30.6. The molecule has 4 atom stereocenters. The minimum Gasteiger partial charge on any atom is -0.460 e. The Labute approximate surface area is 139 Å². The van der Waals surface area contributed by atoms with Gasteiger partial charge in [-0.25, -0.2) is 5.43 Å². The van der Waals surface area contributed by atoms with Crippen LogP contribution in [0.2, 0.25) is 0 Å². The van der Waals surface area contributed by atoms with Gasteiger partial charge in [0.25, 0.3) is 0 Å². The van der Waals surface area contributed by atoms with Gasteiger partial charge < -0.3 is 9.73 Å². The largest absolute Gasteiger partial charge is 0.460 e. The van der Waals surface area contributed by atoms with E-state index in [0.717, 1.165) is 17.1 Å². The molecule has 1 aromatic heterocycles. The summed E-state index contributed by atoms with van der Waals surface area (Å²) in [6.45, 7) is 2.13. The summed E-state index contributed by atoms with van der Waals surface area (Å²) in [6, 6.07) is 14.4. The van der Waals surface area contributed by atoms with Gasteiger partial charge in [-0.05, 0) is 19.1 Å². The van der Waals surface area contributed by atoms with Gasteiger partial charge in [0, 0.05) is 17.5 Å². The molecule has 23 heavy (non-hydrogen) atoms. The van der Waals surface area contributed by atoms with Crippen LogP contribution in [-0.2, 0) is 4.79 Å². The first-order valence-electron chi connectivity index (χ1n) is 7.79. The number of hydrogen-bond donors (Lipinski definition) is 3. The molecule has 4 unspecified atom stereocenters. The molecule has 2 aromatic rings. The predicted molar refractivity (Wildman–Crippen MR) is 90.5 cm³/mol. The van der Waals surface area contributed by atoms with Gasteiger partial charge in [-0.1, -0.05) is 30.3 Å². The maximum Gasteiger partial charge on any atom is 0.231 e. The minimum atomic E-state index is -0.0669. The minimum absolute atomic E-state index is 0.0609. The molecule has 0 radical (unpaired) electrons. The molecule has 0 spiro atoms. The van der Waals surface area contributed by atoms with Crippen LogP contribution in [0.1, 0.15) is 17.9 Å². The number of rotatable bonds is 2. The van der Waals surface area contributed by atoms with E-state index in [-0.39, 0.29) is 29.3 Å². The van der Waals surface area contributed by atoms with Gasteiger partial charge in [0.05, 0.1) is 17.2 Å². The summed E-state index contributed by atoms with van der Waals surface area (Å²) in [6.07, 6.45) is -0.0669. The SMILES string of the molecule is CC1NNC2NC(=O)CSC(c3ccc(-c4ccccc4)o3)C12. The molecule has 2 fully saturated rings.